The molecule has 0 N–H and O–H groups in total. The molecule has 4 heteroatoms. The van der Waals surface area contributed by atoms with Crippen LogP contribution in [0, 0.1) is 0 Å². The Morgan fingerprint density at radius 1 is 0.957 bits per heavy atom. The molecule has 2 rings (SSSR count). The number of rotatable bonds is 8. The van der Waals surface area contributed by atoms with E-state index in [2.05, 4.69) is 0 Å². The second-order valence-corrected chi connectivity index (χ2v) is 4.95. The highest BCUT2D eigenvalue weighted by molar-refractivity contribution is 6.06. The zero-order valence-corrected chi connectivity index (χ0v) is 13.7. The molecule has 0 saturated carbocycles. The van der Waals surface area contributed by atoms with Crippen molar-refractivity contribution in [2.24, 2.45) is 0 Å². The first kappa shape index (κ1) is 17.0. The molecule has 2 aromatic rings. The van der Waals surface area contributed by atoms with Crippen LogP contribution in [0.15, 0.2) is 54.6 Å². The fraction of sp³-hybridized carbons (Fsp3) is 0.316. The van der Waals surface area contributed by atoms with Gasteiger partial charge in [0.2, 0.25) is 0 Å². The van der Waals surface area contributed by atoms with Crippen LogP contribution >= 0.6 is 0 Å². The average Bonchev–Trinajstić information content (AvgIpc) is 2.61. The van der Waals surface area contributed by atoms with Crippen molar-refractivity contribution >= 4 is 11.6 Å². The predicted molar refractivity (Wildman–Crippen MR) is 92.2 cm³/mol. The predicted octanol–water partition coefficient (Wildman–Crippen LogP) is 3.77. The van der Waals surface area contributed by atoms with E-state index in [1.54, 1.807) is 17.0 Å². The van der Waals surface area contributed by atoms with Gasteiger partial charge in [0, 0.05) is 24.4 Å². The van der Waals surface area contributed by atoms with E-state index in [4.69, 9.17) is 9.47 Å². The fourth-order valence-electron chi connectivity index (χ4n) is 2.26. The number of nitrogens with zero attached hydrogens (tertiary/aromatic N) is 1. The van der Waals surface area contributed by atoms with Gasteiger partial charge in [-0.05, 0) is 50.2 Å². The van der Waals surface area contributed by atoms with Crippen LogP contribution in [0.1, 0.15) is 24.2 Å². The van der Waals surface area contributed by atoms with Crippen molar-refractivity contribution in [2.45, 2.75) is 13.8 Å². The van der Waals surface area contributed by atoms with Gasteiger partial charge in [0.1, 0.15) is 12.4 Å². The summed E-state index contributed by atoms with van der Waals surface area (Å²) in [4.78, 5) is 14.4. The monoisotopic (exact) mass is 313 g/mol. The molecule has 0 bridgehead atoms. The standard InChI is InChI=1S/C19H23NO3/c1-3-20(17-8-6-5-7-9-17)19(21)16-10-12-18(13-11-16)23-15-14-22-4-2/h5-13H,3-4,14-15H2,1-2H3. The van der Waals surface area contributed by atoms with Crippen LogP contribution in [-0.2, 0) is 4.74 Å². The van der Waals surface area contributed by atoms with E-state index in [1.165, 1.54) is 0 Å². The van der Waals surface area contributed by atoms with Gasteiger partial charge in [-0.15, -0.1) is 0 Å². The fourth-order valence-corrected chi connectivity index (χ4v) is 2.26. The Balaban J connectivity index is 2.01. The van der Waals surface area contributed by atoms with E-state index in [0.29, 0.717) is 31.9 Å². The Morgan fingerprint density at radius 2 is 1.65 bits per heavy atom. The molecule has 0 aliphatic rings. The van der Waals surface area contributed by atoms with E-state index in [9.17, 15) is 4.79 Å². The van der Waals surface area contributed by atoms with Crippen molar-refractivity contribution in [3.05, 3.63) is 60.2 Å². The van der Waals surface area contributed by atoms with Crippen molar-refractivity contribution in [1.82, 2.24) is 0 Å². The van der Waals surface area contributed by atoms with Crippen molar-refractivity contribution in [3.63, 3.8) is 0 Å². The number of para-hydroxylation sites is 1. The van der Waals surface area contributed by atoms with Crippen LogP contribution in [0.3, 0.4) is 0 Å². The minimum absolute atomic E-state index is 0.0143. The molecule has 23 heavy (non-hydrogen) atoms. The molecule has 4 nitrogen and oxygen atoms in total. The van der Waals surface area contributed by atoms with E-state index in [0.717, 1.165) is 11.4 Å². The third kappa shape index (κ3) is 4.83. The topological polar surface area (TPSA) is 38.8 Å². The second kappa shape index (κ2) is 8.96. The van der Waals surface area contributed by atoms with Crippen LogP contribution in [0.4, 0.5) is 5.69 Å². The number of benzene rings is 2. The molecule has 0 unspecified atom stereocenters. The van der Waals surface area contributed by atoms with Crippen LogP contribution in [0.2, 0.25) is 0 Å². The maximum absolute atomic E-state index is 12.7. The third-order valence-corrected chi connectivity index (χ3v) is 3.43. The highest BCUT2D eigenvalue weighted by Crippen LogP contribution is 2.18. The lowest BCUT2D eigenvalue weighted by Gasteiger charge is -2.21. The first-order chi connectivity index (χ1) is 11.3. The summed E-state index contributed by atoms with van der Waals surface area (Å²) >= 11 is 0. The number of ether oxygens (including phenoxy) is 2. The smallest absolute Gasteiger partial charge is 0.258 e. The molecule has 0 spiro atoms. The number of hydrogen-bond donors (Lipinski definition) is 0. The Labute approximate surface area is 137 Å². The lowest BCUT2D eigenvalue weighted by Crippen LogP contribution is -2.30. The molecule has 0 aliphatic heterocycles. The van der Waals surface area contributed by atoms with E-state index in [1.807, 2.05) is 56.3 Å². The number of anilines is 1. The molecular formula is C19H23NO3. The first-order valence-corrected chi connectivity index (χ1v) is 7.93. The quantitative estimate of drug-likeness (QED) is 0.696. The normalized spacial score (nSPS) is 10.3. The van der Waals surface area contributed by atoms with Crippen LogP contribution < -0.4 is 9.64 Å². The second-order valence-electron chi connectivity index (χ2n) is 4.95. The average molecular weight is 313 g/mol. The van der Waals surface area contributed by atoms with Crippen molar-refractivity contribution in [2.75, 3.05) is 31.3 Å². The summed E-state index contributed by atoms with van der Waals surface area (Å²) in [6.45, 7) is 6.29. The van der Waals surface area contributed by atoms with Gasteiger partial charge in [0.15, 0.2) is 0 Å². The van der Waals surface area contributed by atoms with Crippen LogP contribution in [0.25, 0.3) is 0 Å². The molecule has 1 amide bonds. The van der Waals surface area contributed by atoms with Crippen LogP contribution in [-0.4, -0.2) is 32.3 Å². The van der Waals surface area contributed by atoms with Crippen LogP contribution in [0.5, 0.6) is 5.75 Å². The SMILES string of the molecule is CCOCCOc1ccc(C(=O)N(CC)c2ccccc2)cc1. The zero-order chi connectivity index (χ0) is 16.5. The Hall–Kier alpha value is -2.33. The van der Waals surface area contributed by atoms with Crippen molar-refractivity contribution in [3.8, 4) is 5.75 Å². The van der Waals surface area contributed by atoms with Gasteiger partial charge in [-0.2, -0.15) is 0 Å². The van der Waals surface area contributed by atoms with Gasteiger partial charge in [-0.25, -0.2) is 0 Å². The van der Waals surface area contributed by atoms with Gasteiger partial charge >= 0.3 is 0 Å². The van der Waals surface area contributed by atoms with E-state index in [-0.39, 0.29) is 5.91 Å². The number of amides is 1. The summed E-state index contributed by atoms with van der Waals surface area (Å²) in [5.41, 5.74) is 1.55. The molecule has 0 radical (unpaired) electrons. The first-order valence-electron chi connectivity index (χ1n) is 7.93. The van der Waals surface area contributed by atoms with Crippen molar-refractivity contribution in [1.29, 1.82) is 0 Å². The molecule has 0 fully saturated rings. The van der Waals surface area contributed by atoms with Gasteiger partial charge < -0.3 is 14.4 Å². The molecule has 2 aromatic carbocycles. The van der Waals surface area contributed by atoms with Gasteiger partial charge in [-0.1, -0.05) is 18.2 Å². The van der Waals surface area contributed by atoms with Gasteiger partial charge in [0.25, 0.3) is 5.91 Å². The molecule has 0 heterocycles. The molecule has 0 aliphatic carbocycles. The minimum atomic E-state index is -0.0143. The number of carbonyl (C=O) groups is 1. The maximum atomic E-state index is 12.7. The summed E-state index contributed by atoms with van der Waals surface area (Å²) < 4.78 is 10.8. The van der Waals surface area contributed by atoms with E-state index < -0.39 is 0 Å². The zero-order valence-electron chi connectivity index (χ0n) is 13.7. The summed E-state index contributed by atoms with van der Waals surface area (Å²) in [6.07, 6.45) is 0. The summed E-state index contributed by atoms with van der Waals surface area (Å²) in [7, 11) is 0. The molecule has 0 saturated heterocycles. The van der Waals surface area contributed by atoms with Gasteiger partial charge in [0.05, 0.1) is 6.61 Å². The Morgan fingerprint density at radius 3 is 2.26 bits per heavy atom. The molecule has 122 valence electrons. The highest BCUT2D eigenvalue weighted by atomic mass is 16.5. The van der Waals surface area contributed by atoms with Crippen molar-refractivity contribution < 1.29 is 14.3 Å². The molecule has 0 atom stereocenters. The number of carbonyl (C=O) groups excluding carboxylic acids is 1. The lowest BCUT2D eigenvalue weighted by molar-refractivity contribution is 0.0987. The Bertz CT molecular complexity index is 596. The summed E-state index contributed by atoms with van der Waals surface area (Å²) in [6, 6.07) is 16.9. The maximum Gasteiger partial charge on any atom is 0.258 e. The molecular weight excluding hydrogens is 290 g/mol. The summed E-state index contributed by atoms with van der Waals surface area (Å²) in [5.74, 6) is 0.726. The van der Waals surface area contributed by atoms with Gasteiger partial charge in [-0.3, -0.25) is 4.79 Å². The highest BCUT2D eigenvalue weighted by Gasteiger charge is 2.15. The number of hydrogen-bond acceptors (Lipinski definition) is 3. The van der Waals surface area contributed by atoms with E-state index >= 15 is 0 Å². The minimum Gasteiger partial charge on any atom is -0.491 e. The largest absolute Gasteiger partial charge is 0.491 e. The summed E-state index contributed by atoms with van der Waals surface area (Å²) in [5, 5.41) is 0. The molecule has 0 aromatic heterocycles. The third-order valence-electron chi connectivity index (χ3n) is 3.43. The lowest BCUT2D eigenvalue weighted by atomic mass is 10.1. The Kier molecular flexibility index (Phi) is 6.63.